The van der Waals surface area contributed by atoms with Gasteiger partial charge in [0.2, 0.25) is 5.91 Å². The third-order valence-corrected chi connectivity index (χ3v) is 6.01. The lowest BCUT2D eigenvalue weighted by molar-refractivity contribution is -0.116. The zero-order chi connectivity index (χ0) is 26.1. The Morgan fingerprint density at radius 1 is 1.20 bits per heavy atom. The monoisotopic (exact) mass is 479 g/mol. The van der Waals surface area contributed by atoms with Gasteiger partial charge in [0.1, 0.15) is 11.5 Å². The van der Waals surface area contributed by atoms with Crippen LogP contribution < -0.4 is 15.0 Å². The topological polar surface area (TPSA) is 116 Å². The SMILES string of the molecule is CCOc1cc2c(nc1C(=O)NC)C(=N)N(CC(=O)c1cc(N(C)C(C)=O)cc(C(C)(C)C)c1)C2. The number of benzene rings is 1. The van der Waals surface area contributed by atoms with Crippen molar-refractivity contribution in [3.8, 4) is 5.75 Å². The zero-order valence-electron chi connectivity index (χ0n) is 21.4. The van der Waals surface area contributed by atoms with Crippen molar-refractivity contribution in [2.75, 3.05) is 32.1 Å². The summed E-state index contributed by atoms with van der Waals surface area (Å²) < 4.78 is 5.59. The summed E-state index contributed by atoms with van der Waals surface area (Å²) in [6, 6.07) is 7.20. The number of aromatic nitrogens is 1. The third-order valence-electron chi connectivity index (χ3n) is 6.01. The molecule has 3 rings (SSSR count). The highest BCUT2D eigenvalue weighted by Crippen LogP contribution is 2.30. The van der Waals surface area contributed by atoms with E-state index in [1.807, 2.05) is 39.8 Å². The van der Waals surface area contributed by atoms with Crippen molar-refractivity contribution in [2.45, 2.75) is 46.6 Å². The van der Waals surface area contributed by atoms with Crippen LogP contribution in [0.1, 0.15) is 72.3 Å². The van der Waals surface area contributed by atoms with Crippen molar-refractivity contribution in [3.05, 3.63) is 52.3 Å². The number of amides is 2. The first-order chi connectivity index (χ1) is 16.4. The summed E-state index contributed by atoms with van der Waals surface area (Å²) in [6.45, 7) is 10.1. The first-order valence-electron chi connectivity index (χ1n) is 11.5. The summed E-state index contributed by atoms with van der Waals surface area (Å²) >= 11 is 0. The first-order valence-corrected chi connectivity index (χ1v) is 11.5. The standard InChI is InChI=1S/C26H33N5O4/c1-8-35-21-11-17-13-31(24(27)22(17)29-23(21)25(34)28-6)14-20(33)16-9-18(26(3,4)5)12-19(10-16)30(7)15(2)32/h9-12,27H,8,13-14H2,1-7H3,(H,28,34). The maximum absolute atomic E-state index is 13.4. The highest BCUT2D eigenvalue weighted by Gasteiger charge is 2.31. The summed E-state index contributed by atoms with van der Waals surface area (Å²) in [5, 5.41) is 11.1. The molecule has 0 bridgehead atoms. The van der Waals surface area contributed by atoms with Gasteiger partial charge in [-0.05, 0) is 42.2 Å². The fourth-order valence-corrected chi connectivity index (χ4v) is 3.82. The molecule has 186 valence electrons. The molecule has 0 aliphatic carbocycles. The van der Waals surface area contributed by atoms with Crippen LogP contribution in [0, 0.1) is 5.41 Å². The molecular weight excluding hydrogens is 446 g/mol. The number of hydrogen-bond acceptors (Lipinski definition) is 6. The number of carbonyl (C=O) groups excluding carboxylic acids is 3. The van der Waals surface area contributed by atoms with Crippen molar-refractivity contribution in [2.24, 2.45) is 0 Å². The van der Waals surface area contributed by atoms with Gasteiger partial charge < -0.3 is 19.9 Å². The van der Waals surface area contributed by atoms with E-state index in [-0.39, 0.29) is 35.2 Å². The smallest absolute Gasteiger partial charge is 0.273 e. The lowest BCUT2D eigenvalue weighted by Crippen LogP contribution is -2.31. The number of pyridine rings is 1. The first kappa shape index (κ1) is 25.9. The van der Waals surface area contributed by atoms with E-state index in [2.05, 4.69) is 10.3 Å². The molecule has 0 radical (unpaired) electrons. The third kappa shape index (κ3) is 5.34. The van der Waals surface area contributed by atoms with Gasteiger partial charge >= 0.3 is 0 Å². The molecule has 35 heavy (non-hydrogen) atoms. The lowest BCUT2D eigenvalue weighted by atomic mass is 9.85. The maximum Gasteiger partial charge on any atom is 0.273 e. The number of nitrogens with one attached hydrogen (secondary N) is 2. The summed E-state index contributed by atoms with van der Waals surface area (Å²) in [4.78, 5) is 45.2. The Kier molecular flexibility index (Phi) is 7.28. The van der Waals surface area contributed by atoms with Gasteiger partial charge in [0.05, 0.1) is 13.2 Å². The average Bonchev–Trinajstić information content (AvgIpc) is 3.10. The Morgan fingerprint density at radius 2 is 1.89 bits per heavy atom. The molecule has 0 atom stereocenters. The average molecular weight is 480 g/mol. The molecule has 0 saturated carbocycles. The van der Waals surface area contributed by atoms with E-state index < -0.39 is 5.91 Å². The molecular formula is C26H33N5O4. The Labute approximate surface area is 206 Å². The second-order valence-corrected chi connectivity index (χ2v) is 9.58. The van der Waals surface area contributed by atoms with E-state index >= 15 is 0 Å². The van der Waals surface area contributed by atoms with Crippen LogP contribution in [-0.4, -0.2) is 60.6 Å². The number of nitrogens with zero attached hydrogens (tertiary/aromatic N) is 3. The molecule has 1 aromatic heterocycles. The predicted octanol–water partition coefficient (Wildman–Crippen LogP) is 3.14. The van der Waals surface area contributed by atoms with E-state index in [0.29, 0.717) is 35.8 Å². The number of anilines is 1. The molecule has 0 unspecified atom stereocenters. The number of hydrogen-bond donors (Lipinski definition) is 2. The van der Waals surface area contributed by atoms with Crippen LogP contribution in [-0.2, 0) is 16.8 Å². The minimum Gasteiger partial charge on any atom is -0.491 e. The van der Waals surface area contributed by atoms with Gasteiger partial charge in [-0.2, -0.15) is 0 Å². The van der Waals surface area contributed by atoms with Crippen LogP contribution in [0.5, 0.6) is 5.75 Å². The largest absolute Gasteiger partial charge is 0.491 e. The van der Waals surface area contributed by atoms with E-state index in [4.69, 9.17) is 10.1 Å². The molecule has 2 aromatic rings. The van der Waals surface area contributed by atoms with Crippen molar-refractivity contribution in [1.29, 1.82) is 5.41 Å². The van der Waals surface area contributed by atoms with Gasteiger partial charge in [-0.3, -0.25) is 19.8 Å². The van der Waals surface area contributed by atoms with Gasteiger partial charge in [-0.1, -0.05) is 20.8 Å². The fourth-order valence-electron chi connectivity index (χ4n) is 3.82. The van der Waals surface area contributed by atoms with Crippen LogP contribution >= 0.6 is 0 Å². The zero-order valence-corrected chi connectivity index (χ0v) is 21.4. The number of carbonyl (C=O) groups is 3. The molecule has 0 fully saturated rings. The molecule has 1 aliphatic heterocycles. The van der Waals surface area contributed by atoms with E-state index in [9.17, 15) is 14.4 Å². The number of ketones is 1. The second-order valence-electron chi connectivity index (χ2n) is 9.58. The van der Waals surface area contributed by atoms with Crippen LogP contribution in [0.2, 0.25) is 0 Å². The van der Waals surface area contributed by atoms with E-state index in [1.165, 1.54) is 18.9 Å². The Balaban J connectivity index is 1.92. The van der Waals surface area contributed by atoms with Gasteiger partial charge in [0.15, 0.2) is 17.2 Å². The molecule has 9 nitrogen and oxygen atoms in total. The molecule has 1 aromatic carbocycles. The fraction of sp³-hybridized carbons (Fsp3) is 0.423. The Hall–Kier alpha value is -3.75. The van der Waals surface area contributed by atoms with Crippen molar-refractivity contribution < 1.29 is 19.1 Å². The molecule has 1 aliphatic rings. The van der Waals surface area contributed by atoms with Gasteiger partial charge in [0, 0.05) is 44.4 Å². The van der Waals surface area contributed by atoms with E-state index in [1.54, 1.807) is 24.1 Å². The van der Waals surface area contributed by atoms with Crippen molar-refractivity contribution in [3.63, 3.8) is 0 Å². The van der Waals surface area contributed by atoms with Crippen molar-refractivity contribution >= 4 is 29.1 Å². The molecule has 9 heteroatoms. The summed E-state index contributed by atoms with van der Waals surface area (Å²) in [7, 11) is 3.18. The van der Waals surface area contributed by atoms with Crippen LogP contribution in [0.3, 0.4) is 0 Å². The summed E-state index contributed by atoms with van der Waals surface area (Å²) in [6.07, 6.45) is 0. The molecule has 2 heterocycles. The van der Waals surface area contributed by atoms with Gasteiger partial charge in [-0.15, -0.1) is 0 Å². The summed E-state index contributed by atoms with van der Waals surface area (Å²) in [5.74, 6) is -0.284. The highest BCUT2D eigenvalue weighted by molar-refractivity contribution is 6.06. The van der Waals surface area contributed by atoms with Crippen LogP contribution in [0.15, 0.2) is 24.3 Å². The quantitative estimate of drug-likeness (QED) is 0.590. The molecule has 2 amide bonds. The van der Waals surface area contributed by atoms with Gasteiger partial charge in [0.25, 0.3) is 5.91 Å². The minimum absolute atomic E-state index is 0.0364. The molecule has 0 saturated heterocycles. The highest BCUT2D eigenvalue weighted by atomic mass is 16.5. The van der Waals surface area contributed by atoms with Gasteiger partial charge in [-0.25, -0.2) is 4.98 Å². The van der Waals surface area contributed by atoms with Crippen LogP contribution in [0.25, 0.3) is 0 Å². The summed E-state index contributed by atoms with van der Waals surface area (Å²) in [5.41, 5.74) is 3.02. The lowest BCUT2D eigenvalue weighted by Gasteiger charge is -2.24. The number of Topliss-reactive ketones (excluding diaryl/α,β-unsaturated/α-hetero) is 1. The minimum atomic E-state index is -0.403. The van der Waals surface area contributed by atoms with Crippen LogP contribution in [0.4, 0.5) is 5.69 Å². The second kappa shape index (κ2) is 9.85. The molecule has 2 N–H and O–H groups in total. The number of fused-ring (bicyclic) bond motifs is 1. The number of rotatable bonds is 7. The molecule has 0 spiro atoms. The van der Waals surface area contributed by atoms with E-state index in [0.717, 1.165) is 11.1 Å². The Morgan fingerprint density at radius 3 is 2.46 bits per heavy atom. The number of ether oxygens (including phenoxy) is 1. The number of amidine groups is 1. The maximum atomic E-state index is 13.4. The normalized spacial score (nSPS) is 12.9. The Bertz CT molecular complexity index is 1200. The predicted molar refractivity (Wildman–Crippen MR) is 135 cm³/mol. The van der Waals surface area contributed by atoms with Crippen molar-refractivity contribution in [1.82, 2.24) is 15.2 Å².